The zero-order valence-electron chi connectivity index (χ0n) is 18.9. The van der Waals surface area contributed by atoms with E-state index in [1.54, 1.807) is 23.0 Å². The Bertz CT molecular complexity index is 1230. The van der Waals surface area contributed by atoms with Crippen LogP contribution in [0.5, 0.6) is 11.6 Å². The summed E-state index contributed by atoms with van der Waals surface area (Å²) in [6.45, 7) is 4.20. The van der Waals surface area contributed by atoms with Gasteiger partial charge in [0, 0.05) is 37.4 Å². The highest BCUT2D eigenvalue weighted by Gasteiger charge is 2.27. The molecule has 3 aromatic rings. The number of aromatic nitrogens is 3. The number of nitrogens with one attached hydrogen (secondary N) is 1. The minimum Gasteiger partial charge on any atom is -0.491 e. The van der Waals surface area contributed by atoms with Gasteiger partial charge in [0.1, 0.15) is 30.2 Å². The number of rotatable bonds is 6. The van der Waals surface area contributed by atoms with Crippen molar-refractivity contribution in [1.29, 1.82) is 5.26 Å². The predicted molar refractivity (Wildman–Crippen MR) is 123 cm³/mol. The molecule has 5 rings (SSSR count). The molecule has 1 N–H and O–H groups in total. The largest absolute Gasteiger partial charge is 0.491 e. The Hall–Kier alpha value is -3.90. The summed E-state index contributed by atoms with van der Waals surface area (Å²) in [6, 6.07) is 13.0. The Morgan fingerprint density at radius 3 is 2.97 bits per heavy atom. The van der Waals surface area contributed by atoms with E-state index in [0.29, 0.717) is 50.1 Å². The zero-order chi connectivity index (χ0) is 23.5. The van der Waals surface area contributed by atoms with Crippen molar-refractivity contribution in [2.45, 2.75) is 38.5 Å². The van der Waals surface area contributed by atoms with E-state index in [0.717, 1.165) is 28.9 Å². The van der Waals surface area contributed by atoms with Crippen LogP contribution in [0.2, 0.25) is 0 Å². The quantitative estimate of drug-likeness (QED) is 0.603. The average Bonchev–Trinajstić information content (AvgIpc) is 3.31. The van der Waals surface area contributed by atoms with Crippen LogP contribution in [0.15, 0.2) is 42.6 Å². The number of pyridine rings is 1. The van der Waals surface area contributed by atoms with Crippen molar-refractivity contribution in [2.24, 2.45) is 0 Å². The average molecular weight is 460 g/mol. The summed E-state index contributed by atoms with van der Waals surface area (Å²) in [5.41, 5.74) is 3.61. The molecule has 0 aliphatic carbocycles. The van der Waals surface area contributed by atoms with Crippen molar-refractivity contribution < 1.29 is 19.0 Å². The molecule has 1 aromatic carbocycles. The van der Waals surface area contributed by atoms with Gasteiger partial charge in [-0.05, 0) is 48.7 Å². The van der Waals surface area contributed by atoms with Gasteiger partial charge in [0.05, 0.1) is 12.6 Å². The maximum absolute atomic E-state index is 12.9. The third-order valence-corrected chi connectivity index (χ3v) is 5.95. The Morgan fingerprint density at radius 1 is 1.29 bits per heavy atom. The highest BCUT2D eigenvalue weighted by atomic mass is 16.5. The molecule has 2 atom stereocenters. The highest BCUT2D eigenvalue weighted by Crippen LogP contribution is 2.30. The first kappa shape index (κ1) is 21.9. The number of hydrogen-bond acceptors (Lipinski definition) is 7. The summed E-state index contributed by atoms with van der Waals surface area (Å²) in [5, 5.41) is 16.4. The number of benzene rings is 1. The van der Waals surface area contributed by atoms with Crippen LogP contribution in [0.25, 0.3) is 11.1 Å². The SMILES string of the molecule is CCOCC1CCn2nc(C(=O)N[C@H]3COc4ccc(-c5ccc(C#N)nc5)cc4C3)cc2O1. The van der Waals surface area contributed by atoms with E-state index in [9.17, 15) is 4.79 Å². The van der Waals surface area contributed by atoms with E-state index in [2.05, 4.69) is 15.4 Å². The molecule has 0 spiro atoms. The number of amides is 1. The second-order valence-corrected chi connectivity index (χ2v) is 8.33. The Labute approximate surface area is 197 Å². The molecule has 0 fully saturated rings. The van der Waals surface area contributed by atoms with Gasteiger partial charge < -0.3 is 19.5 Å². The summed E-state index contributed by atoms with van der Waals surface area (Å²) < 4.78 is 19.0. The van der Waals surface area contributed by atoms with E-state index >= 15 is 0 Å². The standard InChI is InChI=1S/C25H25N5O4/c1-2-32-15-21-7-8-30-24(34-21)11-22(29-30)25(31)28-20-10-18-9-16(4-6-23(18)33-14-20)17-3-5-19(12-26)27-13-17/h3-6,9,11,13,20-21H,2,7-8,10,14-15H2,1H3,(H,28,31)/t20-,21?/m1/s1. The molecule has 0 bridgehead atoms. The lowest BCUT2D eigenvalue weighted by Crippen LogP contribution is -2.42. The summed E-state index contributed by atoms with van der Waals surface area (Å²) in [5.74, 6) is 1.14. The lowest BCUT2D eigenvalue weighted by molar-refractivity contribution is 0.0309. The molecule has 9 nitrogen and oxygen atoms in total. The van der Waals surface area contributed by atoms with Crippen LogP contribution in [0.3, 0.4) is 0 Å². The van der Waals surface area contributed by atoms with Gasteiger partial charge in [-0.25, -0.2) is 9.67 Å². The van der Waals surface area contributed by atoms with Crippen LogP contribution >= 0.6 is 0 Å². The monoisotopic (exact) mass is 459 g/mol. The predicted octanol–water partition coefficient (Wildman–Crippen LogP) is 2.74. The molecular weight excluding hydrogens is 434 g/mol. The molecule has 34 heavy (non-hydrogen) atoms. The number of carbonyl (C=O) groups excluding carboxylic acids is 1. The fourth-order valence-electron chi connectivity index (χ4n) is 4.19. The van der Waals surface area contributed by atoms with Crippen LogP contribution in [0.4, 0.5) is 0 Å². The smallest absolute Gasteiger partial charge is 0.272 e. The Balaban J connectivity index is 1.25. The lowest BCUT2D eigenvalue weighted by Gasteiger charge is -2.26. The third kappa shape index (κ3) is 4.58. The molecule has 1 unspecified atom stereocenters. The van der Waals surface area contributed by atoms with Gasteiger partial charge in [-0.1, -0.05) is 6.07 Å². The number of nitrogens with zero attached hydrogens (tertiary/aromatic N) is 4. The molecule has 0 saturated carbocycles. The Kier molecular flexibility index (Phi) is 6.14. The van der Waals surface area contributed by atoms with Crippen molar-refractivity contribution in [3.8, 4) is 28.8 Å². The molecule has 0 saturated heterocycles. The maximum Gasteiger partial charge on any atom is 0.272 e. The Morgan fingerprint density at radius 2 is 2.18 bits per heavy atom. The number of fused-ring (bicyclic) bond motifs is 2. The fraction of sp³-hybridized carbons (Fsp3) is 0.360. The molecule has 9 heteroatoms. The maximum atomic E-state index is 12.9. The van der Waals surface area contributed by atoms with Gasteiger partial charge in [-0.15, -0.1) is 0 Å². The molecule has 2 aromatic heterocycles. The molecule has 174 valence electrons. The van der Waals surface area contributed by atoms with Gasteiger partial charge >= 0.3 is 0 Å². The normalized spacial score (nSPS) is 18.6. The van der Waals surface area contributed by atoms with Crippen LogP contribution in [0.1, 0.15) is 35.1 Å². The lowest BCUT2D eigenvalue weighted by atomic mass is 9.97. The van der Waals surface area contributed by atoms with Crippen LogP contribution < -0.4 is 14.8 Å². The minimum atomic E-state index is -0.253. The van der Waals surface area contributed by atoms with Gasteiger partial charge in [-0.3, -0.25) is 4.79 Å². The second kappa shape index (κ2) is 9.53. The van der Waals surface area contributed by atoms with Gasteiger partial charge in [0.2, 0.25) is 5.88 Å². The van der Waals surface area contributed by atoms with Gasteiger partial charge in [0.25, 0.3) is 5.91 Å². The molecular formula is C25H25N5O4. The summed E-state index contributed by atoms with van der Waals surface area (Å²) >= 11 is 0. The van der Waals surface area contributed by atoms with E-state index in [4.69, 9.17) is 19.5 Å². The number of ether oxygens (including phenoxy) is 3. The second-order valence-electron chi connectivity index (χ2n) is 8.33. The van der Waals surface area contributed by atoms with E-state index in [1.165, 1.54) is 0 Å². The molecule has 0 radical (unpaired) electrons. The van der Waals surface area contributed by atoms with Crippen molar-refractivity contribution in [1.82, 2.24) is 20.1 Å². The van der Waals surface area contributed by atoms with Crippen molar-refractivity contribution in [2.75, 3.05) is 19.8 Å². The van der Waals surface area contributed by atoms with E-state index < -0.39 is 0 Å². The molecule has 4 heterocycles. The first-order valence-corrected chi connectivity index (χ1v) is 11.4. The zero-order valence-corrected chi connectivity index (χ0v) is 18.9. The van der Waals surface area contributed by atoms with E-state index in [1.807, 2.05) is 37.3 Å². The number of carbonyl (C=O) groups is 1. The fourth-order valence-corrected chi connectivity index (χ4v) is 4.19. The summed E-state index contributed by atoms with van der Waals surface area (Å²) in [7, 11) is 0. The first-order valence-electron chi connectivity index (χ1n) is 11.4. The van der Waals surface area contributed by atoms with Gasteiger partial charge in [-0.2, -0.15) is 10.4 Å². The first-order chi connectivity index (χ1) is 16.6. The number of nitriles is 1. The van der Waals surface area contributed by atoms with Crippen molar-refractivity contribution in [3.63, 3.8) is 0 Å². The minimum absolute atomic E-state index is 0.0243. The van der Waals surface area contributed by atoms with Crippen LogP contribution in [-0.2, 0) is 17.7 Å². The highest BCUT2D eigenvalue weighted by molar-refractivity contribution is 5.92. The van der Waals surface area contributed by atoms with Gasteiger partial charge in [0.15, 0.2) is 5.69 Å². The topological polar surface area (TPSA) is 111 Å². The number of hydrogen-bond donors (Lipinski definition) is 1. The molecule has 2 aliphatic heterocycles. The van der Waals surface area contributed by atoms with E-state index in [-0.39, 0.29) is 18.1 Å². The van der Waals surface area contributed by atoms with Crippen molar-refractivity contribution >= 4 is 5.91 Å². The number of aryl methyl sites for hydroxylation is 1. The van der Waals surface area contributed by atoms with Crippen LogP contribution in [0, 0.1) is 11.3 Å². The molecule has 2 aliphatic rings. The summed E-state index contributed by atoms with van der Waals surface area (Å²) in [4.78, 5) is 17.0. The van der Waals surface area contributed by atoms with Crippen LogP contribution in [-0.4, -0.2) is 52.6 Å². The molecule has 1 amide bonds. The third-order valence-electron chi connectivity index (χ3n) is 5.95. The van der Waals surface area contributed by atoms with Crippen molar-refractivity contribution in [3.05, 3.63) is 59.5 Å². The summed E-state index contributed by atoms with van der Waals surface area (Å²) in [6.07, 6.45) is 3.09.